The van der Waals surface area contributed by atoms with Crippen molar-refractivity contribution < 1.29 is 14.3 Å². The average Bonchev–Trinajstić information content (AvgIpc) is 3.51. The Kier molecular flexibility index (Phi) is 5.03. The lowest BCUT2D eigenvalue weighted by Crippen LogP contribution is -2.22. The molecular weight excluding hydrogens is 450 g/mol. The molecule has 5 aromatic rings. The van der Waals surface area contributed by atoms with Crippen molar-refractivity contribution in [1.82, 2.24) is 19.6 Å². The second-order valence-electron chi connectivity index (χ2n) is 7.78. The molecule has 1 amide bonds. The molecule has 8 nitrogen and oxygen atoms in total. The van der Waals surface area contributed by atoms with Crippen LogP contribution in [0.3, 0.4) is 0 Å². The zero-order chi connectivity index (χ0) is 23.1. The first-order chi connectivity index (χ1) is 16.7. The SMILES string of the molecule is C[C@@H](Sc1nnc2c3ccccc3nc(-c3ccccc3)n12)C(=O)Nc1ccc2c(c1)OCO2. The highest BCUT2D eigenvalue weighted by Gasteiger charge is 2.22. The lowest BCUT2D eigenvalue weighted by Gasteiger charge is -2.13. The van der Waals surface area contributed by atoms with E-state index in [4.69, 9.17) is 14.5 Å². The molecule has 0 saturated heterocycles. The smallest absolute Gasteiger partial charge is 0.237 e. The van der Waals surface area contributed by atoms with Gasteiger partial charge in [-0.1, -0.05) is 54.2 Å². The van der Waals surface area contributed by atoms with E-state index in [1.54, 1.807) is 18.2 Å². The Morgan fingerprint density at radius 1 is 1.00 bits per heavy atom. The van der Waals surface area contributed by atoms with E-state index >= 15 is 0 Å². The Balaban J connectivity index is 1.34. The fourth-order valence-corrected chi connectivity index (χ4v) is 4.70. The number of hydrogen-bond acceptors (Lipinski definition) is 7. The fourth-order valence-electron chi connectivity index (χ4n) is 3.85. The molecule has 0 spiro atoms. The van der Waals surface area contributed by atoms with Crippen molar-refractivity contribution in [2.75, 3.05) is 12.1 Å². The number of thioether (sulfide) groups is 1. The summed E-state index contributed by atoms with van der Waals surface area (Å²) < 4.78 is 12.7. The number of carbonyl (C=O) groups is 1. The molecule has 3 heterocycles. The Labute approximate surface area is 198 Å². The van der Waals surface area contributed by atoms with Gasteiger partial charge in [0.25, 0.3) is 0 Å². The van der Waals surface area contributed by atoms with Gasteiger partial charge in [0.15, 0.2) is 22.3 Å². The maximum atomic E-state index is 13.0. The van der Waals surface area contributed by atoms with Gasteiger partial charge in [-0.15, -0.1) is 10.2 Å². The number of anilines is 1. The van der Waals surface area contributed by atoms with Crippen molar-refractivity contribution >= 4 is 39.9 Å². The molecule has 6 rings (SSSR count). The highest BCUT2D eigenvalue weighted by Crippen LogP contribution is 2.35. The van der Waals surface area contributed by atoms with E-state index in [-0.39, 0.29) is 12.7 Å². The molecule has 1 aliphatic heterocycles. The molecule has 0 unspecified atom stereocenters. The number of carbonyl (C=O) groups excluding carboxylic acids is 1. The summed E-state index contributed by atoms with van der Waals surface area (Å²) in [5.74, 6) is 1.86. The Hall–Kier alpha value is -4.11. The molecule has 3 aromatic carbocycles. The van der Waals surface area contributed by atoms with E-state index in [0.29, 0.717) is 28.0 Å². The van der Waals surface area contributed by atoms with E-state index in [9.17, 15) is 4.79 Å². The topological polar surface area (TPSA) is 90.6 Å². The summed E-state index contributed by atoms with van der Waals surface area (Å²) in [6.45, 7) is 2.02. The highest BCUT2D eigenvalue weighted by molar-refractivity contribution is 8.00. The molecule has 0 radical (unpaired) electrons. The zero-order valence-corrected chi connectivity index (χ0v) is 19.0. The van der Waals surface area contributed by atoms with Gasteiger partial charge >= 0.3 is 0 Å². The minimum absolute atomic E-state index is 0.157. The number of benzene rings is 3. The number of hydrogen-bond donors (Lipinski definition) is 1. The van der Waals surface area contributed by atoms with E-state index in [0.717, 1.165) is 22.3 Å². The van der Waals surface area contributed by atoms with Crippen molar-refractivity contribution in [2.24, 2.45) is 0 Å². The van der Waals surface area contributed by atoms with Gasteiger partial charge in [0.05, 0.1) is 10.8 Å². The predicted octanol–water partition coefficient (Wildman–Crippen LogP) is 4.79. The van der Waals surface area contributed by atoms with Crippen LogP contribution in [-0.4, -0.2) is 37.5 Å². The number of nitrogens with zero attached hydrogens (tertiary/aromatic N) is 4. The molecule has 0 fully saturated rings. The Bertz CT molecular complexity index is 1540. The standard InChI is InChI=1S/C25H19N5O3S/c1-15(24(31)26-17-11-12-20-21(13-17)33-14-32-20)34-25-29-28-23-18-9-5-6-10-19(18)27-22(30(23)25)16-7-3-2-4-8-16/h2-13,15H,14H2,1H3,(H,26,31)/t15-/m1/s1. The number of rotatable bonds is 5. The van der Waals surface area contributed by atoms with Crippen LogP contribution in [0.15, 0.2) is 78.0 Å². The normalized spacial score (nSPS) is 13.3. The van der Waals surface area contributed by atoms with Gasteiger partial charge in [0.2, 0.25) is 12.7 Å². The second-order valence-corrected chi connectivity index (χ2v) is 9.09. The summed E-state index contributed by atoms with van der Waals surface area (Å²) in [5, 5.41) is 12.9. The van der Waals surface area contributed by atoms with Gasteiger partial charge in [-0.05, 0) is 31.2 Å². The molecule has 2 aromatic heterocycles. The summed E-state index contributed by atoms with van der Waals surface area (Å²) in [5.41, 5.74) is 3.13. The molecule has 1 aliphatic rings. The van der Waals surface area contributed by atoms with E-state index in [2.05, 4.69) is 15.5 Å². The van der Waals surface area contributed by atoms with Crippen molar-refractivity contribution in [3.05, 3.63) is 72.8 Å². The highest BCUT2D eigenvalue weighted by atomic mass is 32.2. The van der Waals surface area contributed by atoms with Gasteiger partial charge < -0.3 is 14.8 Å². The van der Waals surface area contributed by atoms with E-state index < -0.39 is 5.25 Å². The monoisotopic (exact) mass is 469 g/mol. The average molecular weight is 470 g/mol. The summed E-state index contributed by atoms with van der Waals surface area (Å²) in [4.78, 5) is 17.9. The second kappa shape index (κ2) is 8.35. The molecule has 34 heavy (non-hydrogen) atoms. The van der Waals surface area contributed by atoms with Crippen LogP contribution in [0, 0.1) is 0 Å². The van der Waals surface area contributed by atoms with Crippen molar-refractivity contribution in [3.63, 3.8) is 0 Å². The minimum Gasteiger partial charge on any atom is -0.454 e. The zero-order valence-electron chi connectivity index (χ0n) is 18.1. The quantitative estimate of drug-likeness (QED) is 0.370. The van der Waals surface area contributed by atoms with Crippen LogP contribution in [0.2, 0.25) is 0 Å². The Morgan fingerprint density at radius 2 is 1.79 bits per heavy atom. The fraction of sp³-hybridized carbons (Fsp3) is 0.120. The summed E-state index contributed by atoms with van der Waals surface area (Å²) in [6.07, 6.45) is 0. The summed E-state index contributed by atoms with van der Waals surface area (Å²) in [7, 11) is 0. The minimum atomic E-state index is -0.437. The van der Waals surface area contributed by atoms with E-state index in [1.165, 1.54) is 11.8 Å². The van der Waals surface area contributed by atoms with Crippen LogP contribution in [0.4, 0.5) is 5.69 Å². The number of fused-ring (bicyclic) bond motifs is 4. The first kappa shape index (κ1) is 20.5. The van der Waals surface area contributed by atoms with Gasteiger partial charge in [0, 0.05) is 22.7 Å². The number of para-hydroxylation sites is 1. The number of nitrogens with one attached hydrogen (secondary N) is 1. The number of ether oxygens (including phenoxy) is 2. The largest absolute Gasteiger partial charge is 0.454 e. The van der Waals surface area contributed by atoms with Crippen LogP contribution < -0.4 is 14.8 Å². The third kappa shape index (κ3) is 3.60. The van der Waals surface area contributed by atoms with Crippen molar-refractivity contribution in [1.29, 1.82) is 0 Å². The lowest BCUT2D eigenvalue weighted by atomic mass is 10.2. The van der Waals surface area contributed by atoms with Gasteiger partial charge in [-0.25, -0.2) is 4.98 Å². The van der Waals surface area contributed by atoms with Gasteiger partial charge in [-0.2, -0.15) is 0 Å². The van der Waals surface area contributed by atoms with Gasteiger partial charge in [0.1, 0.15) is 5.82 Å². The molecule has 0 bridgehead atoms. The maximum Gasteiger partial charge on any atom is 0.237 e. The third-order valence-electron chi connectivity index (χ3n) is 5.54. The molecule has 1 atom stereocenters. The number of amides is 1. The summed E-state index contributed by atoms with van der Waals surface area (Å²) in [6, 6.07) is 23.1. The molecule has 168 valence electrons. The lowest BCUT2D eigenvalue weighted by molar-refractivity contribution is -0.115. The number of aromatic nitrogens is 4. The first-order valence-corrected chi connectivity index (χ1v) is 11.6. The molecule has 9 heteroatoms. The molecule has 0 aliphatic carbocycles. The Morgan fingerprint density at radius 3 is 2.68 bits per heavy atom. The first-order valence-electron chi connectivity index (χ1n) is 10.7. The van der Waals surface area contributed by atoms with E-state index in [1.807, 2.05) is 65.9 Å². The predicted molar refractivity (Wildman–Crippen MR) is 130 cm³/mol. The molecule has 1 N–H and O–H groups in total. The van der Waals surface area contributed by atoms with Crippen molar-refractivity contribution in [2.45, 2.75) is 17.3 Å². The van der Waals surface area contributed by atoms with Crippen molar-refractivity contribution in [3.8, 4) is 22.9 Å². The van der Waals surface area contributed by atoms with Gasteiger partial charge in [-0.3, -0.25) is 9.20 Å². The molecule has 0 saturated carbocycles. The molecular formula is C25H19N5O3S. The maximum absolute atomic E-state index is 13.0. The third-order valence-corrected chi connectivity index (χ3v) is 6.58. The summed E-state index contributed by atoms with van der Waals surface area (Å²) >= 11 is 1.33. The van der Waals surface area contributed by atoms with Crippen LogP contribution in [0.25, 0.3) is 27.9 Å². The van der Waals surface area contributed by atoms with Crippen LogP contribution in [0.5, 0.6) is 11.5 Å². The van der Waals surface area contributed by atoms with Crippen LogP contribution in [-0.2, 0) is 4.79 Å². The van der Waals surface area contributed by atoms with Crippen LogP contribution >= 0.6 is 11.8 Å². The van der Waals surface area contributed by atoms with Crippen LogP contribution in [0.1, 0.15) is 6.92 Å².